The summed E-state index contributed by atoms with van der Waals surface area (Å²) < 4.78 is 11.4. The predicted octanol–water partition coefficient (Wildman–Crippen LogP) is 2.57. The maximum Gasteiger partial charge on any atom is 0.163 e. The summed E-state index contributed by atoms with van der Waals surface area (Å²) in [4.78, 5) is 0. The van der Waals surface area contributed by atoms with Crippen molar-refractivity contribution >= 4 is 0 Å². The summed E-state index contributed by atoms with van der Waals surface area (Å²) in [5, 5.41) is 0. The fourth-order valence-corrected chi connectivity index (χ4v) is 1.71. The number of ether oxygens (including phenoxy) is 2. The zero-order valence-electron chi connectivity index (χ0n) is 8.59. The van der Waals surface area contributed by atoms with Gasteiger partial charge in [-0.3, -0.25) is 0 Å². The van der Waals surface area contributed by atoms with Crippen LogP contribution in [0, 0.1) is 5.92 Å². The Morgan fingerprint density at radius 1 is 1.25 bits per heavy atom. The van der Waals surface area contributed by atoms with E-state index in [1.807, 2.05) is 13.8 Å². The topological polar surface area (TPSA) is 18.5 Å². The molecule has 0 aliphatic carbocycles. The Labute approximate surface area is 75.2 Å². The maximum absolute atomic E-state index is 5.80. The van der Waals surface area contributed by atoms with Crippen LogP contribution < -0.4 is 0 Å². The monoisotopic (exact) mass is 172 g/mol. The minimum absolute atomic E-state index is 0.369. The molecule has 72 valence electrons. The van der Waals surface area contributed by atoms with E-state index < -0.39 is 0 Å². The molecule has 2 unspecified atom stereocenters. The van der Waals surface area contributed by atoms with Gasteiger partial charge in [-0.1, -0.05) is 13.8 Å². The molecule has 0 saturated carbocycles. The van der Waals surface area contributed by atoms with Gasteiger partial charge in [0.15, 0.2) is 5.79 Å². The third-order valence-corrected chi connectivity index (χ3v) is 2.53. The molecule has 0 N–H and O–H groups in total. The third kappa shape index (κ3) is 2.20. The van der Waals surface area contributed by atoms with Crippen molar-refractivity contribution in [3.63, 3.8) is 0 Å². The second-order valence-electron chi connectivity index (χ2n) is 3.94. The van der Waals surface area contributed by atoms with Gasteiger partial charge in [-0.15, -0.1) is 0 Å². The van der Waals surface area contributed by atoms with Gasteiger partial charge in [0.2, 0.25) is 0 Å². The van der Waals surface area contributed by atoms with E-state index in [1.54, 1.807) is 0 Å². The lowest BCUT2D eigenvalue weighted by molar-refractivity contribution is -0.293. The Morgan fingerprint density at radius 3 is 2.42 bits per heavy atom. The molecule has 0 aromatic heterocycles. The van der Waals surface area contributed by atoms with Crippen LogP contribution in [0.15, 0.2) is 0 Å². The lowest BCUT2D eigenvalue weighted by Crippen LogP contribution is -2.45. The minimum Gasteiger partial charge on any atom is -0.350 e. The van der Waals surface area contributed by atoms with Crippen molar-refractivity contribution in [3.05, 3.63) is 0 Å². The third-order valence-electron chi connectivity index (χ3n) is 2.53. The van der Waals surface area contributed by atoms with Crippen molar-refractivity contribution in [2.75, 3.05) is 6.61 Å². The molecule has 1 rings (SSSR count). The standard InChI is InChI=1S/C10H20O2/c1-5-8-7-11-10(3,4)12-9(8)6-2/h8-9H,5-7H2,1-4H3. The second-order valence-corrected chi connectivity index (χ2v) is 3.94. The highest BCUT2D eigenvalue weighted by molar-refractivity contribution is 4.75. The summed E-state index contributed by atoms with van der Waals surface area (Å²) in [6.45, 7) is 9.19. The van der Waals surface area contributed by atoms with Crippen LogP contribution in [0.25, 0.3) is 0 Å². The molecular formula is C10H20O2. The highest BCUT2D eigenvalue weighted by atomic mass is 16.7. The highest BCUT2D eigenvalue weighted by Gasteiger charge is 2.34. The van der Waals surface area contributed by atoms with Crippen molar-refractivity contribution in [2.24, 2.45) is 5.92 Å². The second kappa shape index (κ2) is 3.75. The Kier molecular flexibility index (Phi) is 3.13. The van der Waals surface area contributed by atoms with Crippen LogP contribution in [0.1, 0.15) is 40.5 Å². The van der Waals surface area contributed by atoms with Crippen molar-refractivity contribution in [1.29, 1.82) is 0 Å². The van der Waals surface area contributed by atoms with Gasteiger partial charge in [-0.05, 0) is 26.7 Å². The molecule has 0 bridgehead atoms. The first-order chi connectivity index (χ1) is 5.59. The van der Waals surface area contributed by atoms with Crippen molar-refractivity contribution in [2.45, 2.75) is 52.4 Å². The lowest BCUT2D eigenvalue weighted by Gasteiger charge is -2.40. The number of hydrogen-bond donors (Lipinski definition) is 0. The van der Waals surface area contributed by atoms with Crippen LogP contribution in [-0.4, -0.2) is 18.5 Å². The Morgan fingerprint density at radius 2 is 1.92 bits per heavy atom. The van der Waals surface area contributed by atoms with Crippen molar-refractivity contribution < 1.29 is 9.47 Å². The van der Waals surface area contributed by atoms with Gasteiger partial charge in [0, 0.05) is 5.92 Å². The van der Waals surface area contributed by atoms with E-state index in [0.717, 1.165) is 19.4 Å². The molecule has 1 heterocycles. The fourth-order valence-electron chi connectivity index (χ4n) is 1.71. The van der Waals surface area contributed by atoms with Gasteiger partial charge in [0.05, 0.1) is 12.7 Å². The molecule has 0 amide bonds. The first kappa shape index (κ1) is 10.0. The first-order valence-corrected chi connectivity index (χ1v) is 4.90. The van der Waals surface area contributed by atoms with Crippen LogP contribution in [-0.2, 0) is 9.47 Å². The van der Waals surface area contributed by atoms with Gasteiger partial charge in [0.1, 0.15) is 0 Å². The molecule has 2 nitrogen and oxygen atoms in total. The normalized spacial score (nSPS) is 35.0. The summed E-state index contributed by atoms with van der Waals surface area (Å²) in [6, 6.07) is 0. The molecule has 0 aromatic carbocycles. The molecule has 1 saturated heterocycles. The summed E-state index contributed by atoms with van der Waals surface area (Å²) in [7, 11) is 0. The van der Waals surface area contributed by atoms with Crippen molar-refractivity contribution in [3.8, 4) is 0 Å². The van der Waals surface area contributed by atoms with Crippen LogP contribution >= 0.6 is 0 Å². The summed E-state index contributed by atoms with van der Waals surface area (Å²) in [6.07, 6.45) is 2.62. The average Bonchev–Trinajstić information content (AvgIpc) is 2.03. The Balaban J connectivity index is 2.53. The van der Waals surface area contributed by atoms with E-state index in [2.05, 4.69) is 13.8 Å². The van der Waals surface area contributed by atoms with Crippen LogP contribution in [0.3, 0.4) is 0 Å². The van der Waals surface area contributed by atoms with Gasteiger partial charge < -0.3 is 9.47 Å². The molecule has 12 heavy (non-hydrogen) atoms. The SMILES string of the molecule is CCC1COC(C)(C)OC1CC. The van der Waals surface area contributed by atoms with Gasteiger partial charge in [0.25, 0.3) is 0 Å². The summed E-state index contributed by atoms with van der Waals surface area (Å²) >= 11 is 0. The van der Waals surface area contributed by atoms with Crippen LogP contribution in [0.5, 0.6) is 0 Å². The van der Waals surface area contributed by atoms with Crippen LogP contribution in [0.4, 0.5) is 0 Å². The highest BCUT2D eigenvalue weighted by Crippen LogP contribution is 2.29. The quantitative estimate of drug-likeness (QED) is 0.637. The smallest absolute Gasteiger partial charge is 0.163 e. The van der Waals surface area contributed by atoms with E-state index in [1.165, 1.54) is 0 Å². The predicted molar refractivity (Wildman–Crippen MR) is 49.0 cm³/mol. The molecule has 0 spiro atoms. The molecule has 2 heteroatoms. The van der Waals surface area contributed by atoms with Gasteiger partial charge >= 0.3 is 0 Å². The zero-order valence-corrected chi connectivity index (χ0v) is 8.59. The van der Waals surface area contributed by atoms with E-state index in [-0.39, 0.29) is 5.79 Å². The van der Waals surface area contributed by atoms with E-state index in [4.69, 9.17) is 9.47 Å². The molecule has 1 aliphatic rings. The summed E-state index contributed by atoms with van der Waals surface area (Å²) in [5.74, 6) is 0.217. The van der Waals surface area contributed by atoms with E-state index in [9.17, 15) is 0 Å². The first-order valence-electron chi connectivity index (χ1n) is 4.90. The fraction of sp³-hybridized carbons (Fsp3) is 1.00. The molecule has 2 atom stereocenters. The molecule has 1 aliphatic heterocycles. The average molecular weight is 172 g/mol. The van der Waals surface area contributed by atoms with Crippen LogP contribution in [0.2, 0.25) is 0 Å². The summed E-state index contributed by atoms with van der Waals surface area (Å²) in [5.41, 5.74) is 0. The molecule has 0 radical (unpaired) electrons. The maximum atomic E-state index is 5.80. The van der Waals surface area contributed by atoms with Gasteiger partial charge in [-0.2, -0.15) is 0 Å². The van der Waals surface area contributed by atoms with Gasteiger partial charge in [-0.25, -0.2) is 0 Å². The molecular weight excluding hydrogens is 152 g/mol. The molecule has 1 fully saturated rings. The number of hydrogen-bond acceptors (Lipinski definition) is 2. The van der Waals surface area contributed by atoms with E-state index >= 15 is 0 Å². The zero-order chi connectivity index (χ0) is 9.19. The van der Waals surface area contributed by atoms with Crippen molar-refractivity contribution in [1.82, 2.24) is 0 Å². The van der Waals surface area contributed by atoms with E-state index in [0.29, 0.717) is 12.0 Å². The Hall–Kier alpha value is -0.0800. The molecule has 0 aromatic rings. The number of rotatable bonds is 2. The Bertz CT molecular complexity index is 143. The lowest BCUT2D eigenvalue weighted by atomic mass is 9.96. The minimum atomic E-state index is -0.369. The largest absolute Gasteiger partial charge is 0.350 e.